The number of allylic oxidation sites excluding steroid dienone is 3. The van der Waals surface area contributed by atoms with Crippen molar-refractivity contribution in [3.63, 3.8) is 0 Å². The van der Waals surface area contributed by atoms with Crippen LogP contribution in [-0.4, -0.2) is 10.7 Å². The van der Waals surface area contributed by atoms with E-state index in [2.05, 4.69) is 6.07 Å². The molecule has 0 saturated heterocycles. The smallest absolute Gasteiger partial charge is 0.294 e. The quantitative estimate of drug-likeness (QED) is 0.545. The maximum atomic E-state index is 13.1. The SMILES string of the molecule is Cc1cccc([C@@H]2C(C#N)=C(N)N(c3ccc(Cl)cc3[N+](=O)[O-])C3=C2C(=O)CCC3)c1. The van der Waals surface area contributed by atoms with E-state index in [-0.39, 0.29) is 33.6 Å². The average molecular weight is 435 g/mol. The summed E-state index contributed by atoms with van der Waals surface area (Å²) in [7, 11) is 0. The first-order valence-electron chi connectivity index (χ1n) is 9.80. The lowest BCUT2D eigenvalue weighted by Crippen LogP contribution is -2.39. The fourth-order valence-electron chi connectivity index (χ4n) is 4.38. The molecule has 2 aromatic carbocycles. The molecule has 0 amide bonds. The third kappa shape index (κ3) is 3.45. The number of Topliss-reactive ketones (excluding diaryl/α,β-unsaturated/α-hetero) is 1. The van der Waals surface area contributed by atoms with Gasteiger partial charge in [-0.2, -0.15) is 5.26 Å². The number of aryl methyl sites for hydroxylation is 1. The summed E-state index contributed by atoms with van der Waals surface area (Å²) in [6.07, 6.45) is 1.48. The standard InChI is InChI=1S/C23H19ClN4O3/c1-13-4-2-5-14(10-13)21-16(12-25)23(26)27(18-6-3-7-20(29)22(18)21)17-9-8-15(24)11-19(17)28(30)31/h2,4-5,8-11,21H,3,6-7,26H2,1H3/t21-/m1/s1. The van der Waals surface area contributed by atoms with Crippen molar-refractivity contribution in [2.45, 2.75) is 32.1 Å². The van der Waals surface area contributed by atoms with E-state index in [9.17, 15) is 20.2 Å². The summed E-state index contributed by atoms with van der Waals surface area (Å²) >= 11 is 5.99. The molecule has 1 heterocycles. The molecule has 1 atom stereocenters. The number of hydrogen-bond acceptors (Lipinski definition) is 6. The highest BCUT2D eigenvalue weighted by Gasteiger charge is 2.41. The number of benzene rings is 2. The molecule has 0 radical (unpaired) electrons. The second-order valence-corrected chi connectivity index (χ2v) is 8.06. The predicted molar refractivity (Wildman–Crippen MR) is 117 cm³/mol. The van der Waals surface area contributed by atoms with Crippen molar-refractivity contribution in [2.75, 3.05) is 4.90 Å². The predicted octanol–water partition coefficient (Wildman–Crippen LogP) is 4.86. The topological polar surface area (TPSA) is 113 Å². The summed E-state index contributed by atoms with van der Waals surface area (Å²) in [6.45, 7) is 1.94. The summed E-state index contributed by atoms with van der Waals surface area (Å²) in [4.78, 5) is 25.8. The van der Waals surface area contributed by atoms with Gasteiger partial charge in [-0.25, -0.2) is 0 Å². The van der Waals surface area contributed by atoms with Crippen molar-refractivity contribution in [3.8, 4) is 6.07 Å². The summed E-state index contributed by atoms with van der Waals surface area (Å²) in [5.74, 6) is -0.585. The second kappa shape index (κ2) is 7.89. The van der Waals surface area contributed by atoms with Gasteiger partial charge < -0.3 is 5.73 Å². The van der Waals surface area contributed by atoms with E-state index in [0.29, 0.717) is 30.5 Å². The van der Waals surface area contributed by atoms with Crippen LogP contribution < -0.4 is 10.6 Å². The minimum absolute atomic E-state index is 0.0744. The zero-order valence-corrected chi connectivity index (χ0v) is 17.5. The Kier molecular flexibility index (Phi) is 5.25. The molecule has 0 bridgehead atoms. The fourth-order valence-corrected chi connectivity index (χ4v) is 4.54. The summed E-state index contributed by atoms with van der Waals surface area (Å²) in [5, 5.41) is 22.0. The molecule has 156 valence electrons. The molecule has 8 heteroatoms. The number of nitrogens with zero attached hydrogens (tertiary/aromatic N) is 3. The Hall–Kier alpha value is -3.63. The van der Waals surface area contributed by atoms with E-state index in [1.807, 2.05) is 31.2 Å². The number of rotatable bonds is 3. The monoisotopic (exact) mass is 434 g/mol. The largest absolute Gasteiger partial charge is 0.384 e. The second-order valence-electron chi connectivity index (χ2n) is 7.62. The third-order valence-corrected chi connectivity index (χ3v) is 5.90. The molecule has 2 N–H and O–H groups in total. The number of halogens is 1. The van der Waals surface area contributed by atoms with Crippen LogP contribution in [0.2, 0.25) is 5.02 Å². The zero-order valence-electron chi connectivity index (χ0n) is 16.8. The molecule has 1 aliphatic carbocycles. The van der Waals surface area contributed by atoms with Gasteiger partial charge in [0.25, 0.3) is 5.69 Å². The first kappa shape index (κ1) is 20.6. The van der Waals surface area contributed by atoms with Crippen LogP contribution in [0.4, 0.5) is 11.4 Å². The highest BCUT2D eigenvalue weighted by atomic mass is 35.5. The van der Waals surface area contributed by atoms with Gasteiger partial charge in [0.05, 0.1) is 22.5 Å². The van der Waals surface area contributed by atoms with Gasteiger partial charge in [-0.05, 0) is 37.5 Å². The van der Waals surface area contributed by atoms with Crippen LogP contribution in [0.5, 0.6) is 0 Å². The lowest BCUT2D eigenvalue weighted by molar-refractivity contribution is -0.384. The third-order valence-electron chi connectivity index (χ3n) is 5.66. The van der Waals surface area contributed by atoms with Crippen molar-refractivity contribution >= 4 is 28.8 Å². The normalized spacial score (nSPS) is 18.7. The van der Waals surface area contributed by atoms with Crippen LogP contribution in [0, 0.1) is 28.4 Å². The van der Waals surface area contributed by atoms with E-state index in [4.69, 9.17) is 17.3 Å². The van der Waals surface area contributed by atoms with Gasteiger partial charge in [-0.1, -0.05) is 41.4 Å². The number of nitro benzene ring substituents is 1. The maximum absolute atomic E-state index is 13.1. The number of hydrogen-bond donors (Lipinski definition) is 1. The number of nitrogens with two attached hydrogens (primary N) is 1. The van der Waals surface area contributed by atoms with Crippen molar-refractivity contribution in [1.82, 2.24) is 0 Å². The first-order chi connectivity index (χ1) is 14.8. The summed E-state index contributed by atoms with van der Waals surface area (Å²) < 4.78 is 0. The van der Waals surface area contributed by atoms with Gasteiger partial charge in [0, 0.05) is 28.8 Å². The van der Waals surface area contributed by atoms with E-state index < -0.39 is 10.8 Å². The average Bonchev–Trinajstić information content (AvgIpc) is 2.73. The lowest BCUT2D eigenvalue weighted by Gasteiger charge is -2.39. The van der Waals surface area contributed by atoms with Crippen molar-refractivity contribution in [3.05, 3.63) is 91.4 Å². The maximum Gasteiger partial charge on any atom is 0.294 e. The fraction of sp³-hybridized carbons (Fsp3) is 0.217. The Balaban J connectivity index is 2.02. The van der Waals surface area contributed by atoms with E-state index >= 15 is 0 Å². The molecule has 2 aliphatic rings. The van der Waals surface area contributed by atoms with E-state index in [0.717, 1.165) is 11.1 Å². The van der Waals surface area contributed by atoms with Crippen LogP contribution in [0.15, 0.2) is 65.1 Å². The number of carbonyl (C=O) groups is 1. The zero-order chi connectivity index (χ0) is 22.3. The van der Waals surface area contributed by atoms with Crippen LogP contribution in [0.3, 0.4) is 0 Å². The molecule has 7 nitrogen and oxygen atoms in total. The number of nitriles is 1. The van der Waals surface area contributed by atoms with Crippen LogP contribution in [0.1, 0.15) is 36.3 Å². The van der Waals surface area contributed by atoms with Gasteiger partial charge in [0.2, 0.25) is 0 Å². The van der Waals surface area contributed by atoms with Crippen molar-refractivity contribution < 1.29 is 9.72 Å². The Morgan fingerprint density at radius 2 is 2.03 bits per heavy atom. The number of ketones is 1. The molecule has 1 aliphatic heterocycles. The van der Waals surface area contributed by atoms with E-state index in [1.165, 1.54) is 23.1 Å². The summed E-state index contributed by atoms with van der Waals surface area (Å²) in [5.41, 5.74) is 9.49. The molecule has 2 aromatic rings. The number of carbonyl (C=O) groups excluding carboxylic acids is 1. The molecule has 0 fully saturated rings. The highest BCUT2D eigenvalue weighted by molar-refractivity contribution is 6.31. The van der Waals surface area contributed by atoms with Crippen LogP contribution >= 0.6 is 11.6 Å². The number of anilines is 1. The van der Waals surface area contributed by atoms with Gasteiger partial charge in [0.1, 0.15) is 11.5 Å². The molecule has 31 heavy (non-hydrogen) atoms. The van der Waals surface area contributed by atoms with Gasteiger partial charge in [-0.15, -0.1) is 0 Å². The molecule has 0 unspecified atom stereocenters. The molecule has 0 spiro atoms. The summed E-state index contributed by atoms with van der Waals surface area (Å²) in [6, 6.07) is 14.1. The molecular weight excluding hydrogens is 416 g/mol. The van der Waals surface area contributed by atoms with Crippen molar-refractivity contribution in [1.29, 1.82) is 5.26 Å². The van der Waals surface area contributed by atoms with Crippen LogP contribution in [-0.2, 0) is 4.79 Å². The minimum atomic E-state index is -0.602. The first-order valence-corrected chi connectivity index (χ1v) is 10.2. The number of nitro groups is 1. The van der Waals surface area contributed by atoms with Crippen molar-refractivity contribution in [2.24, 2.45) is 5.73 Å². The minimum Gasteiger partial charge on any atom is -0.384 e. The molecule has 0 saturated carbocycles. The Labute approximate surface area is 184 Å². The highest BCUT2D eigenvalue weighted by Crippen LogP contribution is 2.48. The Morgan fingerprint density at radius 3 is 2.71 bits per heavy atom. The Bertz CT molecular complexity index is 1230. The molecule has 0 aromatic heterocycles. The molecular formula is C23H19ClN4O3. The lowest BCUT2D eigenvalue weighted by atomic mass is 9.75. The molecule has 4 rings (SSSR count). The Morgan fingerprint density at radius 1 is 1.26 bits per heavy atom. The van der Waals surface area contributed by atoms with Gasteiger partial charge in [-0.3, -0.25) is 19.8 Å². The van der Waals surface area contributed by atoms with Gasteiger partial charge in [0.15, 0.2) is 5.78 Å². The van der Waals surface area contributed by atoms with Gasteiger partial charge >= 0.3 is 0 Å². The van der Waals surface area contributed by atoms with E-state index in [1.54, 1.807) is 0 Å². The van der Waals surface area contributed by atoms with Crippen LogP contribution in [0.25, 0.3) is 0 Å².